The van der Waals surface area contributed by atoms with Crippen molar-refractivity contribution in [3.05, 3.63) is 28.8 Å². The number of amides is 1. The van der Waals surface area contributed by atoms with E-state index in [4.69, 9.17) is 23.2 Å². The molecule has 4 heteroatoms. The number of benzene rings is 1. The molecular formula is C11H13Cl2NO. The lowest BCUT2D eigenvalue weighted by molar-refractivity contribution is -0.116. The van der Waals surface area contributed by atoms with Gasteiger partial charge in [0.15, 0.2) is 0 Å². The number of anilines is 1. The highest BCUT2D eigenvalue weighted by Crippen LogP contribution is 2.22. The second-order valence-electron chi connectivity index (χ2n) is 3.25. The SMILES string of the molecule is Cc1c(Cl)cccc1NC(=O)CCCCl. The second kappa shape index (κ2) is 5.99. The van der Waals surface area contributed by atoms with Gasteiger partial charge in [-0.15, -0.1) is 11.6 Å². The highest BCUT2D eigenvalue weighted by Gasteiger charge is 2.05. The maximum absolute atomic E-state index is 11.4. The van der Waals surface area contributed by atoms with E-state index in [-0.39, 0.29) is 5.91 Å². The highest BCUT2D eigenvalue weighted by atomic mass is 35.5. The molecule has 0 atom stereocenters. The van der Waals surface area contributed by atoms with Crippen molar-refractivity contribution in [1.29, 1.82) is 0 Å². The number of hydrogen-bond acceptors (Lipinski definition) is 1. The predicted molar refractivity (Wildman–Crippen MR) is 64.8 cm³/mol. The van der Waals surface area contributed by atoms with Gasteiger partial charge in [-0.05, 0) is 31.0 Å². The Labute approximate surface area is 99.6 Å². The summed E-state index contributed by atoms with van der Waals surface area (Å²) >= 11 is 11.4. The first-order valence-corrected chi connectivity index (χ1v) is 5.67. The fraction of sp³-hybridized carbons (Fsp3) is 0.364. The minimum absolute atomic E-state index is 0.0268. The first kappa shape index (κ1) is 12.3. The van der Waals surface area contributed by atoms with Gasteiger partial charge in [0.25, 0.3) is 0 Å². The molecule has 0 fully saturated rings. The highest BCUT2D eigenvalue weighted by molar-refractivity contribution is 6.31. The fourth-order valence-corrected chi connectivity index (χ4v) is 1.49. The summed E-state index contributed by atoms with van der Waals surface area (Å²) in [6.45, 7) is 1.87. The van der Waals surface area contributed by atoms with Crippen LogP contribution in [0, 0.1) is 6.92 Å². The van der Waals surface area contributed by atoms with Crippen LogP contribution in [-0.4, -0.2) is 11.8 Å². The van der Waals surface area contributed by atoms with E-state index in [0.717, 1.165) is 11.3 Å². The average molecular weight is 246 g/mol. The van der Waals surface area contributed by atoms with Gasteiger partial charge in [-0.2, -0.15) is 0 Å². The number of carbonyl (C=O) groups is 1. The third kappa shape index (κ3) is 3.73. The van der Waals surface area contributed by atoms with Crippen molar-refractivity contribution < 1.29 is 4.79 Å². The van der Waals surface area contributed by atoms with E-state index in [1.165, 1.54) is 0 Å². The van der Waals surface area contributed by atoms with Crippen molar-refractivity contribution in [3.63, 3.8) is 0 Å². The molecule has 0 heterocycles. The zero-order chi connectivity index (χ0) is 11.3. The number of rotatable bonds is 4. The van der Waals surface area contributed by atoms with Gasteiger partial charge in [0.2, 0.25) is 5.91 Å². The van der Waals surface area contributed by atoms with Crippen LogP contribution in [0.15, 0.2) is 18.2 Å². The summed E-state index contributed by atoms with van der Waals surface area (Å²) in [5.41, 5.74) is 1.65. The number of alkyl halides is 1. The molecule has 1 aromatic rings. The smallest absolute Gasteiger partial charge is 0.224 e. The molecule has 1 N–H and O–H groups in total. The molecule has 0 spiro atoms. The van der Waals surface area contributed by atoms with Gasteiger partial charge in [-0.1, -0.05) is 17.7 Å². The molecular weight excluding hydrogens is 233 g/mol. The van der Waals surface area contributed by atoms with Crippen molar-refractivity contribution in [3.8, 4) is 0 Å². The molecule has 2 nitrogen and oxygen atoms in total. The predicted octanol–water partition coefficient (Wildman–Crippen LogP) is 3.61. The number of hydrogen-bond donors (Lipinski definition) is 1. The van der Waals surface area contributed by atoms with E-state index in [1.54, 1.807) is 6.07 Å². The summed E-state index contributed by atoms with van der Waals surface area (Å²) in [4.78, 5) is 11.4. The van der Waals surface area contributed by atoms with Crippen LogP contribution in [-0.2, 0) is 4.79 Å². The summed E-state index contributed by atoms with van der Waals surface area (Å²) in [7, 11) is 0. The van der Waals surface area contributed by atoms with Crippen LogP contribution in [0.1, 0.15) is 18.4 Å². The van der Waals surface area contributed by atoms with Gasteiger partial charge >= 0.3 is 0 Å². The van der Waals surface area contributed by atoms with Crippen LogP contribution < -0.4 is 5.32 Å². The summed E-state index contributed by atoms with van der Waals surface area (Å²) in [5.74, 6) is 0.475. The Morgan fingerprint density at radius 2 is 2.20 bits per heavy atom. The second-order valence-corrected chi connectivity index (χ2v) is 4.04. The molecule has 0 saturated heterocycles. The fourth-order valence-electron chi connectivity index (χ4n) is 1.18. The van der Waals surface area contributed by atoms with Crippen LogP contribution in [0.3, 0.4) is 0 Å². The zero-order valence-corrected chi connectivity index (χ0v) is 10.0. The number of nitrogens with one attached hydrogen (secondary N) is 1. The first-order valence-electron chi connectivity index (χ1n) is 4.76. The summed E-state index contributed by atoms with van der Waals surface area (Å²) < 4.78 is 0. The van der Waals surface area contributed by atoms with Crippen molar-refractivity contribution in [2.75, 3.05) is 11.2 Å². The third-order valence-electron chi connectivity index (χ3n) is 2.08. The Hall–Kier alpha value is -0.730. The lowest BCUT2D eigenvalue weighted by Gasteiger charge is -2.08. The normalized spacial score (nSPS) is 10.1. The Bertz CT molecular complexity index is 352. The van der Waals surface area contributed by atoms with E-state index in [0.29, 0.717) is 23.7 Å². The van der Waals surface area contributed by atoms with Crippen molar-refractivity contribution in [2.45, 2.75) is 19.8 Å². The van der Waals surface area contributed by atoms with E-state index in [9.17, 15) is 4.79 Å². The third-order valence-corrected chi connectivity index (χ3v) is 2.76. The molecule has 1 rings (SSSR count). The molecule has 0 aliphatic carbocycles. The number of halogens is 2. The van der Waals surface area contributed by atoms with Gasteiger partial charge in [0.05, 0.1) is 0 Å². The lowest BCUT2D eigenvalue weighted by atomic mass is 10.2. The Morgan fingerprint density at radius 1 is 1.47 bits per heavy atom. The van der Waals surface area contributed by atoms with E-state index in [2.05, 4.69) is 5.32 Å². The molecule has 0 unspecified atom stereocenters. The van der Waals surface area contributed by atoms with Gasteiger partial charge in [0, 0.05) is 23.0 Å². The van der Waals surface area contributed by atoms with Crippen LogP contribution in [0.5, 0.6) is 0 Å². The van der Waals surface area contributed by atoms with Crippen LogP contribution in [0.2, 0.25) is 5.02 Å². The molecule has 1 amide bonds. The van der Waals surface area contributed by atoms with Crippen molar-refractivity contribution >= 4 is 34.8 Å². The standard InChI is InChI=1S/C11H13Cl2NO/c1-8-9(13)4-2-5-10(8)14-11(15)6-3-7-12/h2,4-5H,3,6-7H2,1H3,(H,14,15). The van der Waals surface area contributed by atoms with Gasteiger partial charge in [-0.25, -0.2) is 0 Å². The van der Waals surface area contributed by atoms with Crippen LogP contribution in [0.25, 0.3) is 0 Å². The van der Waals surface area contributed by atoms with Crippen molar-refractivity contribution in [1.82, 2.24) is 0 Å². The zero-order valence-electron chi connectivity index (χ0n) is 8.52. The summed E-state index contributed by atoms with van der Waals surface area (Å²) in [6.07, 6.45) is 1.13. The molecule has 15 heavy (non-hydrogen) atoms. The maximum atomic E-state index is 11.4. The minimum atomic E-state index is -0.0268. The van der Waals surface area contributed by atoms with Gasteiger partial charge in [-0.3, -0.25) is 4.79 Å². The maximum Gasteiger partial charge on any atom is 0.224 e. The topological polar surface area (TPSA) is 29.1 Å². The molecule has 1 aromatic carbocycles. The van der Waals surface area contributed by atoms with Gasteiger partial charge in [0.1, 0.15) is 0 Å². The Morgan fingerprint density at radius 3 is 2.87 bits per heavy atom. The Kier molecular flexibility index (Phi) is 4.92. The number of carbonyl (C=O) groups excluding carboxylic acids is 1. The molecule has 0 aromatic heterocycles. The monoisotopic (exact) mass is 245 g/mol. The van der Waals surface area contributed by atoms with E-state index >= 15 is 0 Å². The van der Waals surface area contributed by atoms with Gasteiger partial charge < -0.3 is 5.32 Å². The van der Waals surface area contributed by atoms with E-state index < -0.39 is 0 Å². The minimum Gasteiger partial charge on any atom is -0.326 e. The molecule has 82 valence electrons. The molecule has 0 saturated carbocycles. The largest absolute Gasteiger partial charge is 0.326 e. The first-order chi connectivity index (χ1) is 7.15. The van der Waals surface area contributed by atoms with Crippen LogP contribution >= 0.6 is 23.2 Å². The summed E-state index contributed by atoms with van der Waals surface area (Å²) in [5, 5.41) is 3.46. The van der Waals surface area contributed by atoms with Crippen molar-refractivity contribution in [2.24, 2.45) is 0 Å². The molecule has 0 radical (unpaired) electrons. The van der Waals surface area contributed by atoms with E-state index in [1.807, 2.05) is 19.1 Å². The quantitative estimate of drug-likeness (QED) is 0.808. The lowest BCUT2D eigenvalue weighted by Crippen LogP contribution is -2.12. The summed E-state index contributed by atoms with van der Waals surface area (Å²) in [6, 6.07) is 5.44. The molecule has 0 aliphatic heterocycles. The Balaban J connectivity index is 2.64. The molecule has 0 bridgehead atoms. The molecule has 0 aliphatic rings. The average Bonchev–Trinajstić information content (AvgIpc) is 2.22. The van der Waals surface area contributed by atoms with Crippen LogP contribution in [0.4, 0.5) is 5.69 Å².